The molecule has 0 radical (unpaired) electrons. The lowest BCUT2D eigenvalue weighted by Gasteiger charge is -2.04. The summed E-state index contributed by atoms with van der Waals surface area (Å²) in [4.78, 5) is 15.6. The van der Waals surface area contributed by atoms with Crippen molar-refractivity contribution in [1.29, 1.82) is 5.26 Å². The van der Waals surface area contributed by atoms with Crippen LogP contribution in [0, 0.1) is 30.1 Å². The molecule has 0 spiro atoms. The van der Waals surface area contributed by atoms with E-state index >= 15 is 0 Å². The lowest BCUT2D eigenvalue weighted by Crippen LogP contribution is -2.05. The highest BCUT2D eigenvalue weighted by Gasteiger charge is 2.07. The molecule has 1 heterocycles. The van der Waals surface area contributed by atoms with Crippen LogP contribution in [0.5, 0.6) is 0 Å². The number of esters is 1. The summed E-state index contributed by atoms with van der Waals surface area (Å²) in [5, 5.41) is 9.06. The van der Waals surface area contributed by atoms with Crippen LogP contribution < -0.4 is 0 Å². The van der Waals surface area contributed by atoms with Crippen molar-refractivity contribution in [3.05, 3.63) is 63.4 Å². The van der Waals surface area contributed by atoms with Gasteiger partial charge in [-0.25, -0.2) is 9.78 Å². The molecule has 0 aliphatic carbocycles. The van der Waals surface area contributed by atoms with Gasteiger partial charge in [-0.05, 0) is 43.7 Å². The van der Waals surface area contributed by atoms with E-state index < -0.39 is 0 Å². The quantitative estimate of drug-likeness (QED) is 0.626. The van der Waals surface area contributed by atoms with Gasteiger partial charge in [-0.3, -0.25) is 0 Å². The molecule has 0 unspecified atom stereocenters. The summed E-state index contributed by atoms with van der Waals surface area (Å²) in [6.45, 7) is 3.98. The third kappa shape index (κ3) is 4.10. The number of ether oxygens (including phenoxy) is 1. The molecule has 114 valence electrons. The Labute approximate surface area is 139 Å². The number of nitrogens with zero attached hydrogens (tertiary/aromatic N) is 2. The molecule has 0 saturated carbocycles. The molecule has 0 atom stereocenters. The fourth-order valence-corrected chi connectivity index (χ4v) is 2.08. The van der Waals surface area contributed by atoms with Crippen molar-refractivity contribution in [3.63, 3.8) is 0 Å². The molecule has 0 N–H and O–H groups in total. The molecule has 1 aromatic carbocycles. The van der Waals surface area contributed by atoms with E-state index in [1.807, 2.05) is 13.0 Å². The van der Waals surface area contributed by atoms with E-state index in [0.29, 0.717) is 17.7 Å². The summed E-state index contributed by atoms with van der Waals surface area (Å²) in [6.07, 6.45) is 1.50. The standard InChI is InChI=1S/C18H13ClN2O2/c1-3-23-18(22)15-7-6-14(12(2)8-15)5-4-13-9-16(19)17(10-20)21-11-13/h6-9,11H,3H2,1-2H3. The number of halogens is 1. The Morgan fingerprint density at radius 1 is 1.35 bits per heavy atom. The molecule has 0 aliphatic rings. The summed E-state index contributed by atoms with van der Waals surface area (Å²) in [7, 11) is 0. The normalized spacial score (nSPS) is 9.48. The second kappa shape index (κ2) is 7.45. The Bertz CT molecular complexity index is 858. The van der Waals surface area contributed by atoms with Crippen molar-refractivity contribution in [3.8, 4) is 17.9 Å². The van der Waals surface area contributed by atoms with Gasteiger partial charge >= 0.3 is 5.97 Å². The van der Waals surface area contributed by atoms with Crippen LogP contribution in [-0.2, 0) is 4.74 Å². The Morgan fingerprint density at radius 2 is 2.13 bits per heavy atom. The molecule has 1 aromatic heterocycles. The molecule has 23 heavy (non-hydrogen) atoms. The topological polar surface area (TPSA) is 63.0 Å². The summed E-state index contributed by atoms with van der Waals surface area (Å²) >= 11 is 5.92. The third-order valence-electron chi connectivity index (χ3n) is 3.03. The first-order chi connectivity index (χ1) is 11.0. The number of rotatable bonds is 2. The number of carbonyl (C=O) groups is 1. The average Bonchev–Trinajstić information content (AvgIpc) is 2.54. The fourth-order valence-electron chi connectivity index (χ4n) is 1.87. The number of nitriles is 1. The van der Waals surface area contributed by atoms with Crippen molar-refractivity contribution >= 4 is 17.6 Å². The van der Waals surface area contributed by atoms with Crippen LogP contribution in [-0.4, -0.2) is 17.6 Å². The number of aryl methyl sites for hydroxylation is 1. The zero-order valence-electron chi connectivity index (χ0n) is 12.7. The minimum absolute atomic E-state index is 0.173. The van der Waals surface area contributed by atoms with E-state index in [4.69, 9.17) is 21.6 Å². The van der Waals surface area contributed by atoms with Gasteiger partial charge in [-0.2, -0.15) is 5.26 Å². The molecule has 2 aromatic rings. The molecule has 5 heteroatoms. The number of carbonyl (C=O) groups excluding carboxylic acids is 1. The van der Waals surface area contributed by atoms with Gasteiger partial charge < -0.3 is 4.74 Å². The Hall–Kier alpha value is -2.82. The van der Waals surface area contributed by atoms with Crippen molar-refractivity contribution in [2.75, 3.05) is 6.61 Å². The molecule has 0 bridgehead atoms. The van der Waals surface area contributed by atoms with Crippen molar-refractivity contribution < 1.29 is 9.53 Å². The van der Waals surface area contributed by atoms with Gasteiger partial charge in [0.2, 0.25) is 0 Å². The molecular formula is C18H13ClN2O2. The van der Waals surface area contributed by atoms with E-state index in [-0.39, 0.29) is 16.7 Å². The SMILES string of the molecule is CCOC(=O)c1ccc(C#Cc2cnc(C#N)c(Cl)c2)c(C)c1. The number of aromatic nitrogens is 1. The molecule has 0 aliphatic heterocycles. The highest BCUT2D eigenvalue weighted by Crippen LogP contribution is 2.15. The summed E-state index contributed by atoms with van der Waals surface area (Å²) < 4.78 is 4.96. The van der Waals surface area contributed by atoms with Crippen molar-refractivity contribution in [1.82, 2.24) is 4.98 Å². The van der Waals surface area contributed by atoms with Gasteiger partial charge in [0.05, 0.1) is 17.2 Å². The Balaban J connectivity index is 2.27. The number of hydrogen-bond acceptors (Lipinski definition) is 4. The minimum atomic E-state index is -0.349. The molecule has 0 fully saturated rings. The lowest BCUT2D eigenvalue weighted by molar-refractivity contribution is 0.0526. The van der Waals surface area contributed by atoms with Crippen LogP contribution in [0.15, 0.2) is 30.5 Å². The van der Waals surface area contributed by atoms with E-state index in [2.05, 4.69) is 16.8 Å². The highest BCUT2D eigenvalue weighted by molar-refractivity contribution is 6.31. The van der Waals surface area contributed by atoms with Crippen LogP contribution in [0.25, 0.3) is 0 Å². The van der Waals surface area contributed by atoms with E-state index in [9.17, 15) is 4.79 Å². The zero-order chi connectivity index (χ0) is 16.8. The fraction of sp³-hybridized carbons (Fsp3) is 0.167. The van der Waals surface area contributed by atoms with Crippen LogP contribution in [0.1, 0.15) is 39.7 Å². The number of pyridine rings is 1. The van der Waals surface area contributed by atoms with Gasteiger partial charge in [0.25, 0.3) is 0 Å². The number of benzene rings is 1. The molecule has 4 nitrogen and oxygen atoms in total. The van der Waals surface area contributed by atoms with Crippen LogP contribution in [0.2, 0.25) is 5.02 Å². The molecule has 0 amide bonds. The second-order valence-electron chi connectivity index (χ2n) is 4.67. The van der Waals surface area contributed by atoms with E-state index in [0.717, 1.165) is 11.1 Å². The van der Waals surface area contributed by atoms with Crippen LogP contribution in [0.4, 0.5) is 0 Å². The monoisotopic (exact) mass is 324 g/mol. The van der Waals surface area contributed by atoms with Gasteiger partial charge in [0, 0.05) is 17.3 Å². The first-order valence-corrected chi connectivity index (χ1v) is 7.28. The van der Waals surface area contributed by atoms with Gasteiger partial charge in [0.1, 0.15) is 6.07 Å². The Morgan fingerprint density at radius 3 is 2.74 bits per heavy atom. The predicted molar refractivity (Wildman–Crippen MR) is 87.1 cm³/mol. The summed E-state index contributed by atoms with van der Waals surface area (Å²) in [5.74, 6) is 5.60. The van der Waals surface area contributed by atoms with Gasteiger partial charge in [-0.1, -0.05) is 23.4 Å². The number of hydrogen-bond donors (Lipinski definition) is 0. The largest absolute Gasteiger partial charge is 0.462 e. The van der Waals surface area contributed by atoms with Crippen molar-refractivity contribution in [2.24, 2.45) is 0 Å². The van der Waals surface area contributed by atoms with Crippen LogP contribution >= 0.6 is 11.6 Å². The second-order valence-corrected chi connectivity index (χ2v) is 5.07. The molecule has 2 rings (SSSR count). The maximum atomic E-state index is 11.7. The van der Waals surface area contributed by atoms with Gasteiger partial charge in [0.15, 0.2) is 5.69 Å². The Kier molecular flexibility index (Phi) is 5.36. The third-order valence-corrected chi connectivity index (χ3v) is 3.31. The first kappa shape index (κ1) is 16.5. The highest BCUT2D eigenvalue weighted by atomic mass is 35.5. The maximum Gasteiger partial charge on any atom is 0.338 e. The van der Waals surface area contributed by atoms with E-state index in [1.54, 1.807) is 31.2 Å². The average molecular weight is 325 g/mol. The molecule has 0 saturated heterocycles. The smallest absolute Gasteiger partial charge is 0.338 e. The zero-order valence-corrected chi connectivity index (χ0v) is 13.4. The predicted octanol–water partition coefficient (Wildman–Crippen LogP) is 3.49. The lowest BCUT2D eigenvalue weighted by atomic mass is 10.1. The van der Waals surface area contributed by atoms with Gasteiger partial charge in [-0.15, -0.1) is 0 Å². The first-order valence-electron chi connectivity index (χ1n) is 6.90. The summed E-state index contributed by atoms with van der Waals surface area (Å²) in [6, 6.07) is 8.69. The van der Waals surface area contributed by atoms with E-state index in [1.165, 1.54) is 6.20 Å². The maximum absolute atomic E-state index is 11.7. The van der Waals surface area contributed by atoms with Crippen LogP contribution in [0.3, 0.4) is 0 Å². The minimum Gasteiger partial charge on any atom is -0.462 e. The van der Waals surface area contributed by atoms with Crippen molar-refractivity contribution in [2.45, 2.75) is 13.8 Å². The summed E-state index contributed by atoms with van der Waals surface area (Å²) in [5.41, 5.74) is 2.95. The molecular weight excluding hydrogens is 312 g/mol.